The number of pyridine rings is 1. The van der Waals surface area contributed by atoms with E-state index in [-0.39, 0.29) is 49.8 Å². The SMILES string of the molecule is C=C[C@@H]1C[C@]1(NC(=O)[C@@H]1C[C@@H](Oc2nccc3cc(OC)ccc23)CN1C(=O)[C@H](CCC(=O)C=CC(C)C)N(C(=O)O)C(C)(C)C)C(=O)NS(=O)(=O)C1CC1. The zero-order valence-corrected chi connectivity index (χ0v) is 32.9. The van der Waals surface area contributed by atoms with Crippen molar-refractivity contribution in [1.29, 1.82) is 0 Å². The van der Waals surface area contributed by atoms with Gasteiger partial charge in [0.2, 0.25) is 27.7 Å². The van der Waals surface area contributed by atoms with Crippen LogP contribution in [-0.2, 0) is 29.2 Å². The molecule has 298 valence electrons. The molecule has 0 unspecified atom stereocenters. The van der Waals surface area contributed by atoms with Crippen LogP contribution < -0.4 is 19.5 Å². The van der Waals surface area contributed by atoms with E-state index in [0.717, 1.165) is 10.3 Å². The van der Waals surface area contributed by atoms with Crippen LogP contribution in [0.4, 0.5) is 4.79 Å². The van der Waals surface area contributed by atoms with Gasteiger partial charge in [-0.2, -0.15) is 0 Å². The van der Waals surface area contributed by atoms with Crippen LogP contribution in [-0.4, -0.2) is 106 Å². The van der Waals surface area contributed by atoms with Gasteiger partial charge >= 0.3 is 6.09 Å². The molecular formula is C39H51N5O10S. The molecule has 0 radical (unpaired) electrons. The largest absolute Gasteiger partial charge is 0.497 e. The van der Waals surface area contributed by atoms with Crippen molar-refractivity contribution in [3.8, 4) is 11.6 Å². The number of amides is 4. The summed E-state index contributed by atoms with van der Waals surface area (Å²) in [6, 6.07) is 4.44. The van der Waals surface area contributed by atoms with Crippen molar-refractivity contribution in [2.75, 3.05) is 13.7 Å². The number of allylic oxidation sites excluding steroid dienone is 2. The quantitative estimate of drug-likeness (QED) is 0.164. The molecule has 5 atom stereocenters. The minimum Gasteiger partial charge on any atom is -0.497 e. The first-order valence-electron chi connectivity index (χ1n) is 18.4. The molecule has 1 aromatic carbocycles. The number of hydrogen-bond acceptors (Lipinski definition) is 10. The topological polar surface area (TPSA) is 202 Å². The highest BCUT2D eigenvalue weighted by Crippen LogP contribution is 2.45. The zero-order valence-electron chi connectivity index (χ0n) is 32.1. The maximum absolute atomic E-state index is 14.8. The molecule has 0 spiro atoms. The average Bonchev–Trinajstić information content (AvgIpc) is 4.04. The maximum Gasteiger partial charge on any atom is 0.408 e. The second kappa shape index (κ2) is 16.0. The molecule has 2 heterocycles. The van der Waals surface area contributed by atoms with Gasteiger partial charge in [-0.05, 0) is 88.1 Å². The monoisotopic (exact) mass is 781 g/mol. The van der Waals surface area contributed by atoms with Gasteiger partial charge in [-0.3, -0.25) is 28.8 Å². The minimum atomic E-state index is -3.95. The number of hydrogen-bond donors (Lipinski definition) is 3. The van der Waals surface area contributed by atoms with E-state index in [1.165, 1.54) is 17.1 Å². The zero-order chi connectivity index (χ0) is 40.5. The predicted molar refractivity (Wildman–Crippen MR) is 204 cm³/mol. The second-order valence-electron chi connectivity index (χ2n) is 15.8. The number of likely N-dealkylation sites (tertiary alicyclic amines) is 1. The molecule has 15 nitrogen and oxygen atoms in total. The average molecular weight is 782 g/mol. The number of benzene rings is 1. The van der Waals surface area contributed by atoms with Gasteiger partial charge in [0.05, 0.1) is 18.9 Å². The van der Waals surface area contributed by atoms with Crippen LogP contribution in [0.25, 0.3) is 10.8 Å². The van der Waals surface area contributed by atoms with Crippen LogP contribution in [0.1, 0.15) is 73.1 Å². The van der Waals surface area contributed by atoms with Crippen LogP contribution in [0.3, 0.4) is 0 Å². The lowest BCUT2D eigenvalue weighted by Gasteiger charge is -2.41. The highest BCUT2D eigenvalue weighted by atomic mass is 32.2. The number of fused-ring (bicyclic) bond motifs is 1. The lowest BCUT2D eigenvalue weighted by atomic mass is 9.98. The normalized spacial score (nSPS) is 23.0. The van der Waals surface area contributed by atoms with E-state index in [4.69, 9.17) is 9.47 Å². The van der Waals surface area contributed by atoms with Gasteiger partial charge in [-0.1, -0.05) is 26.0 Å². The summed E-state index contributed by atoms with van der Waals surface area (Å²) in [6.07, 6.45) is 4.48. The van der Waals surface area contributed by atoms with Gasteiger partial charge in [0, 0.05) is 35.9 Å². The molecule has 3 N–H and O–H groups in total. The standard InChI is InChI=1S/C39H51N5O10S/c1-8-25-21-39(25,36(48)42-55(51,52)29-13-14-29)41-33(46)32-20-28(54-34-30-15-12-27(53-7)19-24(30)17-18-40-34)22-43(32)35(47)31(44(37(49)50)38(4,5)6)16-11-26(45)10-9-23(2)3/h8-10,12,15,17-19,23,25,28-29,31-32H,1,11,13-14,16,20-22H2,2-7H3,(H,41,46)(H,42,48)(H,49,50)/t25-,28-,31+,32+,39-/m1/s1. The Balaban J connectivity index is 1.49. The number of carbonyl (C=O) groups is 5. The summed E-state index contributed by atoms with van der Waals surface area (Å²) in [5, 5.41) is 13.9. The van der Waals surface area contributed by atoms with Crippen LogP contribution in [0, 0.1) is 11.8 Å². The molecule has 1 aromatic heterocycles. The molecule has 2 saturated carbocycles. The van der Waals surface area contributed by atoms with Crippen LogP contribution in [0.2, 0.25) is 0 Å². The molecule has 0 bridgehead atoms. The molecule has 4 amide bonds. The molecule has 16 heteroatoms. The number of ether oxygens (including phenoxy) is 2. The summed E-state index contributed by atoms with van der Waals surface area (Å²) in [7, 11) is -2.40. The number of nitrogens with zero attached hydrogens (tertiary/aromatic N) is 3. The van der Waals surface area contributed by atoms with E-state index < -0.39 is 74.3 Å². The van der Waals surface area contributed by atoms with Gasteiger partial charge in [0.25, 0.3) is 5.91 Å². The summed E-state index contributed by atoms with van der Waals surface area (Å²) >= 11 is 0. The van der Waals surface area contributed by atoms with E-state index in [2.05, 4.69) is 21.6 Å². The first-order valence-corrected chi connectivity index (χ1v) is 20.0. The predicted octanol–water partition coefficient (Wildman–Crippen LogP) is 3.97. The van der Waals surface area contributed by atoms with Gasteiger partial charge in [-0.15, -0.1) is 6.58 Å². The molecule has 3 aliphatic rings. The van der Waals surface area contributed by atoms with Crippen molar-refractivity contribution in [1.82, 2.24) is 24.8 Å². The fourth-order valence-corrected chi connectivity index (χ4v) is 8.37. The van der Waals surface area contributed by atoms with Crippen LogP contribution in [0.15, 0.2) is 55.3 Å². The number of aromatic nitrogens is 1. The first kappa shape index (κ1) is 41.2. The Morgan fingerprint density at radius 2 is 1.87 bits per heavy atom. The summed E-state index contributed by atoms with van der Waals surface area (Å²) in [5.41, 5.74) is -2.72. The molecule has 55 heavy (non-hydrogen) atoms. The molecule has 5 rings (SSSR count). The number of carbonyl (C=O) groups excluding carboxylic acids is 4. The third kappa shape index (κ3) is 9.28. The van der Waals surface area contributed by atoms with Crippen molar-refractivity contribution in [2.45, 2.75) is 108 Å². The van der Waals surface area contributed by atoms with Gasteiger partial charge in [0.15, 0.2) is 5.78 Å². The number of carboxylic acid groups (broad SMARTS) is 1. The van der Waals surface area contributed by atoms with E-state index >= 15 is 0 Å². The van der Waals surface area contributed by atoms with E-state index in [1.54, 1.807) is 64.4 Å². The van der Waals surface area contributed by atoms with Crippen LogP contribution in [0.5, 0.6) is 11.6 Å². The van der Waals surface area contributed by atoms with Crippen molar-refractivity contribution < 1.29 is 47.0 Å². The molecule has 1 aliphatic heterocycles. The highest BCUT2D eigenvalue weighted by molar-refractivity contribution is 7.91. The van der Waals surface area contributed by atoms with E-state index in [0.29, 0.717) is 24.0 Å². The first-order chi connectivity index (χ1) is 25.8. The summed E-state index contributed by atoms with van der Waals surface area (Å²) < 4.78 is 39.3. The van der Waals surface area contributed by atoms with Crippen molar-refractivity contribution in [3.05, 3.63) is 55.3 Å². The lowest BCUT2D eigenvalue weighted by Crippen LogP contribution is -2.61. The summed E-state index contributed by atoms with van der Waals surface area (Å²) in [5.74, 6) is -2.32. The Labute approximate surface area is 321 Å². The third-order valence-electron chi connectivity index (χ3n) is 10.2. The number of rotatable bonds is 16. The number of methoxy groups -OCH3 is 1. The maximum atomic E-state index is 14.8. The Morgan fingerprint density at radius 1 is 1.16 bits per heavy atom. The van der Waals surface area contributed by atoms with Gasteiger partial charge in [-0.25, -0.2) is 18.2 Å². The Hall–Kier alpha value is -4.99. The lowest BCUT2D eigenvalue weighted by molar-refractivity contribution is -0.144. The van der Waals surface area contributed by atoms with Crippen LogP contribution >= 0.6 is 0 Å². The van der Waals surface area contributed by atoms with Crippen molar-refractivity contribution >= 4 is 50.4 Å². The smallest absolute Gasteiger partial charge is 0.408 e. The number of ketones is 1. The number of sulfonamides is 1. The van der Waals surface area contributed by atoms with Gasteiger partial charge in [0.1, 0.15) is 29.5 Å². The molecule has 3 fully saturated rings. The Bertz CT molecular complexity index is 1990. The summed E-state index contributed by atoms with van der Waals surface area (Å²) in [6.45, 7) is 12.3. The summed E-state index contributed by atoms with van der Waals surface area (Å²) in [4.78, 5) is 75.0. The molecule has 2 aliphatic carbocycles. The molecular weight excluding hydrogens is 731 g/mol. The molecule has 1 saturated heterocycles. The molecule has 2 aromatic rings. The third-order valence-corrected chi connectivity index (χ3v) is 12.0. The number of nitrogens with one attached hydrogen (secondary N) is 2. The fourth-order valence-electron chi connectivity index (χ4n) is 7.01. The van der Waals surface area contributed by atoms with E-state index in [9.17, 15) is 37.5 Å². The Morgan fingerprint density at radius 3 is 2.45 bits per heavy atom. The van der Waals surface area contributed by atoms with Crippen molar-refractivity contribution in [2.24, 2.45) is 11.8 Å². The second-order valence-corrected chi connectivity index (χ2v) is 17.8. The van der Waals surface area contributed by atoms with E-state index in [1.807, 2.05) is 13.8 Å². The minimum absolute atomic E-state index is 0.0754. The highest BCUT2D eigenvalue weighted by Gasteiger charge is 2.62. The van der Waals surface area contributed by atoms with Crippen molar-refractivity contribution in [3.63, 3.8) is 0 Å². The Kier molecular flexibility index (Phi) is 12.0. The fraction of sp³-hybridized carbons (Fsp3) is 0.538. The van der Waals surface area contributed by atoms with Gasteiger partial charge < -0.3 is 24.8 Å².